The molecule has 0 aromatic heterocycles. The van der Waals surface area contributed by atoms with Gasteiger partial charge >= 0.3 is 0 Å². The Kier molecular flexibility index (Phi) is 11.4. The highest BCUT2D eigenvalue weighted by atomic mass is 32.2. The number of aryl methyl sites for hydroxylation is 1. The summed E-state index contributed by atoms with van der Waals surface area (Å²) < 4.78 is 59.6. The van der Waals surface area contributed by atoms with E-state index in [0.717, 1.165) is 48.2 Å². The Labute approximate surface area is 287 Å². The third kappa shape index (κ3) is 8.09. The van der Waals surface area contributed by atoms with Gasteiger partial charge in [-0.2, -0.15) is 13.0 Å². The first-order valence-electron chi connectivity index (χ1n) is 16.9. The Morgan fingerprint density at radius 1 is 0.938 bits per heavy atom. The van der Waals surface area contributed by atoms with Gasteiger partial charge in [0.1, 0.15) is 12.3 Å². The molecule has 0 aliphatic carbocycles. The Bertz CT molecular complexity index is 1880. The summed E-state index contributed by atoms with van der Waals surface area (Å²) in [5.74, 6) is 0.00189. The van der Waals surface area contributed by atoms with Crippen LogP contribution in [0.15, 0.2) is 77.2 Å². The average molecular weight is 696 g/mol. The number of allylic oxidation sites excluding steroid dienone is 4. The van der Waals surface area contributed by atoms with Crippen molar-refractivity contribution in [3.05, 3.63) is 89.0 Å². The standard InChI is InChI=1S/C38H50N2O6S2/c1-8-23-39-33-21-19-28(3)26-31(33)37(4,5)35(39)17-13-18-36-38(6,7)32-27-30(48(44,45)46)20-22-34(32)40(36)24-12-10-11-15-29(41)16-14-25-47(42,43)9-2/h9,13,17-22,26-27H,2,8,10-12,14-16,23-25H2,1,3-7H3/p+1. The van der Waals surface area contributed by atoms with Crippen molar-refractivity contribution in [2.24, 2.45) is 0 Å². The number of hydrogen-bond donors (Lipinski definition) is 1. The topological polar surface area (TPSA) is 112 Å². The van der Waals surface area contributed by atoms with E-state index < -0.39 is 25.4 Å². The summed E-state index contributed by atoms with van der Waals surface area (Å²) in [5.41, 5.74) is 7.04. The smallest absolute Gasteiger partial charge is 0.294 e. The average Bonchev–Trinajstić information content (AvgIpc) is 3.34. The molecule has 0 unspecified atom stereocenters. The summed E-state index contributed by atoms with van der Waals surface area (Å²) in [5, 5.41) is 0.937. The van der Waals surface area contributed by atoms with Crippen LogP contribution in [0.1, 0.15) is 96.3 Å². The Hall–Kier alpha value is -3.34. The first kappa shape index (κ1) is 37.5. The van der Waals surface area contributed by atoms with Crippen LogP contribution in [0.4, 0.5) is 11.4 Å². The zero-order chi connectivity index (χ0) is 35.5. The summed E-state index contributed by atoms with van der Waals surface area (Å²) in [4.78, 5) is 14.4. The van der Waals surface area contributed by atoms with Crippen LogP contribution < -0.4 is 4.90 Å². The second kappa shape index (κ2) is 14.6. The van der Waals surface area contributed by atoms with E-state index in [-0.39, 0.29) is 28.3 Å². The Morgan fingerprint density at radius 2 is 1.65 bits per heavy atom. The van der Waals surface area contributed by atoms with E-state index >= 15 is 0 Å². The van der Waals surface area contributed by atoms with Crippen LogP contribution in [-0.2, 0) is 35.6 Å². The molecule has 2 aromatic carbocycles. The molecule has 0 radical (unpaired) electrons. The lowest BCUT2D eigenvalue weighted by Gasteiger charge is -2.27. The summed E-state index contributed by atoms with van der Waals surface area (Å²) in [6.07, 6.45) is 10.7. The van der Waals surface area contributed by atoms with Crippen molar-refractivity contribution < 1.29 is 30.8 Å². The number of sulfone groups is 1. The number of rotatable bonds is 16. The van der Waals surface area contributed by atoms with E-state index in [9.17, 15) is 26.2 Å². The molecule has 8 nitrogen and oxygen atoms in total. The zero-order valence-corrected chi connectivity index (χ0v) is 30.9. The molecule has 2 aromatic rings. The molecule has 2 aliphatic heterocycles. The quantitative estimate of drug-likeness (QED) is 0.109. The van der Waals surface area contributed by atoms with Gasteiger partial charge in [-0.25, -0.2) is 8.42 Å². The van der Waals surface area contributed by atoms with Crippen molar-refractivity contribution in [3.8, 4) is 0 Å². The van der Waals surface area contributed by atoms with Gasteiger partial charge in [-0.05, 0) is 75.9 Å². The van der Waals surface area contributed by atoms with E-state index in [0.29, 0.717) is 25.8 Å². The van der Waals surface area contributed by atoms with Gasteiger partial charge in [0.25, 0.3) is 10.1 Å². The summed E-state index contributed by atoms with van der Waals surface area (Å²) >= 11 is 0. The predicted molar refractivity (Wildman–Crippen MR) is 195 cm³/mol. The Morgan fingerprint density at radius 3 is 2.31 bits per heavy atom. The number of hydrogen-bond acceptors (Lipinski definition) is 6. The van der Waals surface area contributed by atoms with E-state index in [1.807, 2.05) is 0 Å². The molecule has 0 saturated carbocycles. The van der Waals surface area contributed by atoms with Gasteiger partial charge in [0.2, 0.25) is 5.69 Å². The third-order valence-corrected chi connectivity index (χ3v) is 11.9. The molecular formula is C38H51N2O6S2+. The molecule has 0 spiro atoms. The van der Waals surface area contributed by atoms with Crippen molar-refractivity contribution in [2.45, 2.75) is 102 Å². The highest BCUT2D eigenvalue weighted by molar-refractivity contribution is 7.94. The number of nitrogens with zero attached hydrogens (tertiary/aromatic N) is 2. The molecule has 2 aliphatic rings. The molecular weight excluding hydrogens is 645 g/mol. The van der Waals surface area contributed by atoms with Crippen LogP contribution in [0.5, 0.6) is 0 Å². The minimum absolute atomic E-state index is 0.0603. The molecule has 0 fully saturated rings. The van der Waals surface area contributed by atoms with E-state index in [1.165, 1.54) is 28.6 Å². The monoisotopic (exact) mass is 695 g/mol. The predicted octanol–water partition coefficient (Wildman–Crippen LogP) is 7.73. The molecule has 4 rings (SSSR count). The second-order valence-corrected chi connectivity index (χ2v) is 17.5. The minimum atomic E-state index is -4.37. The number of anilines is 1. The lowest BCUT2D eigenvalue weighted by atomic mass is 9.80. The molecule has 0 saturated heterocycles. The molecule has 260 valence electrons. The highest BCUT2D eigenvalue weighted by Gasteiger charge is 2.44. The van der Waals surface area contributed by atoms with Gasteiger partial charge in [0, 0.05) is 65.7 Å². The van der Waals surface area contributed by atoms with Gasteiger partial charge in [-0.15, -0.1) is 0 Å². The van der Waals surface area contributed by atoms with Crippen LogP contribution in [0.25, 0.3) is 0 Å². The number of carbonyl (C=O) groups is 1. The number of Topliss-reactive ketones (excluding diaryl/α,β-unsaturated/α-hetero) is 1. The van der Waals surface area contributed by atoms with Crippen molar-refractivity contribution >= 4 is 42.8 Å². The normalized spacial score (nSPS) is 17.7. The summed E-state index contributed by atoms with van der Waals surface area (Å²) in [7, 11) is -7.67. The maximum Gasteiger partial charge on any atom is 0.294 e. The van der Waals surface area contributed by atoms with Crippen LogP contribution in [0.3, 0.4) is 0 Å². The molecule has 2 heterocycles. The van der Waals surface area contributed by atoms with E-state index in [1.54, 1.807) is 12.1 Å². The van der Waals surface area contributed by atoms with Crippen LogP contribution in [0, 0.1) is 6.92 Å². The van der Waals surface area contributed by atoms with Gasteiger partial charge in [-0.3, -0.25) is 9.35 Å². The SMILES string of the molecule is C=CS(=O)(=O)CCCC(=O)CCCCCN1/C(=C/C=C/C2=[N+](CCC)c3ccc(C)cc3C2(C)C)C(C)(C)c2cc(S(=O)(=O)O)ccc21. The van der Waals surface area contributed by atoms with Gasteiger partial charge in [0.05, 0.1) is 16.1 Å². The lowest BCUT2D eigenvalue weighted by Crippen LogP contribution is -2.28. The van der Waals surface area contributed by atoms with Crippen molar-refractivity contribution in [1.29, 1.82) is 0 Å². The number of benzene rings is 2. The fraction of sp³-hybridized carbons (Fsp3) is 0.474. The van der Waals surface area contributed by atoms with Crippen LogP contribution in [0.2, 0.25) is 0 Å². The number of fused-ring (bicyclic) bond motifs is 2. The first-order valence-corrected chi connectivity index (χ1v) is 20.0. The molecule has 1 N–H and O–H groups in total. The number of carbonyl (C=O) groups excluding carboxylic acids is 1. The fourth-order valence-corrected chi connectivity index (χ4v) is 8.21. The van der Waals surface area contributed by atoms with Crippen LogP contribution in [-0.4, -0.2) is 56.3 Å². The lowest BCUT2D eigenvalue weighted by molar-refractivity contribution is -0.437. The molecule has 0 atom stereocenters. The summed E-state index contributed by atoms with van der Waals surface area (Å²) in [6.45, 7) is 17.9. The van der Waals surface area contributed by atoms with E-state index in [4.69, 9.17) is 0 Å². The molecule has 48 heavy (non-hydrogen) atoms. The maximum absolute atomic E-state index is 12.4. The molecule has 10 heteroatoms. The molecule has 0 amide bonds. The van der Waals surface area contributed by atoms with Crippen molar-refractivity contribution in [3.63, 3.8) is 0 Å². The van der Waals surface area contributed by atoms with Gasteiger partial charge in [-0.1, -0.05) is 51.5 Å². The second-order valence-electron chi connectivity index (χ2n) is 14.0. The number of ketones is 1. The van der Waals surface area contributed by atoms with Gasteiger partial charge in [0.15, 0.2) is 15.5 Å². The maximum atomic E-state index is 12.4. The summed E-state index contributed by atoms with van der Waals surface area (Å²) in [6, 6.07) is 11.4. The largest absolute Gasteiger partial charge is 0.344 e. The fourth-order valence-electron chi connectivity index (χ4n) is 6.99. The van der Waals surface area contributed by atoms with Crippen LogP contribution >= 0.6 is 0 Å². The Balaban J connectivity index is 1.57. The minimum Gasteiger partial charge on any atom is -0.344 e. The van der Waals surface area contributed by atoms with Crippen molar-refractivity contribution in [1.82, 2.24) is 0 Å². The van der Waals surface area contributed by atoms with E-state index in [2.05, 4.69) is 94.0 Å². The third-order valence-electron chi connectivity index (χ3n) is 9.64. The molecule has 0 bridgehead atoms. The first-order chi connectivity index (χ1) is 22.4. The van der Waals surface area contributed by atoms with Crippen molar-refractivity contribution in [2.75, 3.05) is 23.7 Å². The van der Waals surface area contributed by atoms with Gasteiger partial charge < -0.3 is 4.90 Å². The zero-order valence-electron chi connectivity index (χ0n) is 29.3. The number of unbranched alkanes of at least 4 members (excludes halogenated alkanes) is 2. The highest BCUT2D eigenvalue weighted by Crippen LogP contribution is 2.49.